The zero-order valence-electron chi connectivity index (χ0n) is 9.45. The smallest absolute Gasteiger partial charge is 0.276 e. The number of nitrogen functional groups attached to an aromatic ring is 1. The second-order valence-corrected chi connectivity index (χ2v) is 3.74. The quantitative estimate of drug-likeness (QED) is 0.741. The van der Waals surface area contributed by atoms with Gasteiger partial charge in [0.1, 0.15) is 11.5 Å². The van der Waals surface area contributed by atoms with Gasteiger partial charge in [-0.25, -0.2) is 4.98 Å². The van der Waals surface area contributed by atoms with Crippen LogP contribution in [0.2, 0.25) is 0 Å². The van der Waals surface area contributed by atoms with Crippen molar-refractivity contribution < 1.29 is 4.52 Å². The van der Waals surface area contributed by atoms with E-state index in [2.05, 4.69) is 15.1 Å². The van der Waals surface area contributed by atoms with E-state index in [9.17, 15) is 0 Å². The number of rotatable bonds is 2. The Bertz CT molecular complexity index is 664. The molecule has 5 heteroatoms. The van der Waals surface area contributed by atoms with Crippen molar-refractivity contribution >= 4 is 5.82 Å². The van der Waals surface area contributed by atoms with Crippen LogP contribution in [0.1, 0.15) is 0 Å². The average Bonchev–Trinajstić information content (AvgIpc) is 2.89. The molecule has 0 atom stereocenters. The number of hydrogen-bond donors (Lipinski definition) is 1. The summed E-state index contributed by atoms with van der Waals surface area (Å²) >= 11 is 0. The molecule has 3 aromatic rings. The third-order valence-electron chi connectivity index (χ3n) is 2.45. The lowest BCUT2D eigenvalue weighted by Gasteiger charge is -1.94. The summed E-state index contributed by atoms with van der Waals surface area (Å²) in [5.41, 5.74) is 7.09. The van der Waals surface area contributed by atoms with Gasteiger partial charge in [-0.3, -0.25) is 0 Å². The highest BCUT2D eigenvalue weighted by atomic mass is 16.5. The molecule has 0 fully saturated rings. The van der Waals surface area contributed by atoms with E-state index in [1.807, 2.05) is 30.3 Å². The molecule has 1 aromatic carbocycles. The van der Waals surface area contributed by atoms with E-state index in [4.69, 9.17) is 10.3 Å². The minimum Gasteiger partial charge on any atom is -0.384 e. The molecular formula is C13H10N4O. The van der Waals surface area contributed by atoms with Gasteiger partial charge in [0.15, 0.2) is 0 Å². The first-order valence-corrected chi connectivity index (χ1v) is 5.45. The van der Waals surface area contributed by atoms with Crippen LogP contribution in [0, 0.1) is 0 Å². The molecule has 0 saturated carbocycles. The number of nitrogens with two attached hydrogens (primary N) is 1. The number of nitrogens with zero attached hydrogens (tertiary/aromatic N) is 3. The van der Waals surface area contributed by atoms with Gasteiger partial charge in [-0.15, -0.1) is 0 Å². The van der Waals surface area contributed by atoms with Crippen molar-refractivity contribution in [3.63, 3.8) is 0 Å². The van der Waals surface area contributed by atoms with Crippen LogP contribution in [0.15, 0.2) is 53.1 Å². The van der Waals surface area contributed by atoms with Crippen molar-refractivity contribution in [2.75, 3.05) is 5.73 Å². The monoisotopic (exact) mass is 238 g/mol. The molecule has 2 heterocycles. The number of anilines is 1. The lowest BCUT2D eigenvalue weighted by molar-refractivity contribution is 0.431. The summed E-state index contributed by atoms with van der Waals surface area (Å²) in [7, 11) is 0. The van der Waals surface area contributed by atoms with E-state index in [0.29, 0.717) is 23.2 Å². The molecule has 0 amide bonds. The molecule has 0 saturated heterocycles. The Labute approximate surface area is 103 Å². The molecule has 3 rings (SSSR count). The second kappa shape index (κ2) is 4.29. The molecule has 0 aliphatic rings. The van der Waals surface area contributed by atoms with Gasteiger partial charge < -0.3 is 10.3 Å². The molecule has 88 valence electrons. The fourth-order valence-corrected chi connectivity index (χ4v) is 1.60. The van der Waals surface area contributed by atoms with Crippen molar-refractivity contribution in [1.29, 1.82) is 0 Å². The average molecular weight is 238 g/mol. The predicted molar refractivity (Wildman–Crippen MR) is 67.4 cm³/mol. The van der Waals surface area contributed by atoms with E-state index >= 15 is 0 Å². The summed E-state index contributed by atoms with van der Waals surface area (Å²) in [4.78, 5) is 8.43. The first-order chi connectivity index (χ1) is 8.83. The SMILES string of the molecule is Nc1cccc(-c2nc(-c3ccccc3)no2)n1. The van der Waals surface area contributed by atoms with Crippen molar-refractivity contribution in [2.45, 2.75) is 0 Å². The fraction of sp³-hybridized carbons (Fsp3) is 0. The summed E-state index contributed by atoms with van der Waals surface area (Å²) < 4.78 is 5.18. The van der Waals surface area contributed by atoms with Crippen LogP contribution in [0.3, 0.4) is 0 Å². The van der Waals surface area contributed by atoms with Crippen molar-refractivity contribution in [3.05, 3.63) is 48.5 Å². The van der Waals surface area contributed by atoms with E-state index in [-0.39, 0.29) is 0 Å². The second-order valence-electron chi connectivity index (χ2n) is 3.74. The van der Waals surface area contributed by atoms with E-state index in [1.54, 1.807) is 18.2 Å². The number of hydrogen-bond acceptors (Lipinski definition) is 5. The van der Waals surface area contributed by atoms with E-state index in [0.717, 1.165) is 5.56 Å². The van der Waals surface area contributed by atoms with Crippen molar-refractivity contribution in [2.24, 2.45) is 0 Å². The maximum absolute atomic E-state index is 5.61. The Hall–Kier alpha value is -2.69. The molecule has 0 unspecified atom stereocenters. The van der Waals surface area contributed by atoms with Gasteiger partial charge >= 0.3 is 0 Å². The lowest BCUT2D eigenvalue weighted by atomic mass is 10.2. The van der Waals surface area contributed by atoms with E-state index in [1.165, 1.54) is 0 Å². The number of aromatic nitrogens is 3. The summed E-state index contributed by atoms with van der Waals surface area (Å²) in [6.45, 7) is 0. The summed E-state index contributed by atoms with van der Waals surface area (Å²) in [5, 5.41) is 3.93. The number of pyridine rings is 1. The molecule has 0 spiro atoms. The topological polar surface area (TPSA) is 77.8 Å². The maximum Gasteiger partial charge on any atom is 0.276 e. The van der Waals surface area contributed by atoms with Gasteiger partial charge in [-0.05, 0) is 12.1 Å². The Morgan fingerprint density at radius 2 is 1.72 bits per heavy atom. The van der Waals surface area contributed by atoms with Crippen LogP contribution in [0.4, 0.5) is 5.82 Å². The molecule has 2 N–H and O–H groups in total. The molecule has 2 aromatic heterocycles. The van der Waals surface area contributed by atoms with Crippen LogP contribution in [0.25, 0.3) is 23.0 Å². The Kier molecular flexibility index (Phi) is 2.49. The minimum atomic E-state index is 0.362. The summed E-state index contributed by atoms with van der Waals surface area (Å²) in [6, 6.07) is 14.9. The molecule has 0 aliphatic carbocycles. The summed E-state index contributed by atoms with van der Waals surface area (Å²) in [5.74, 6) is 1.32. The third-order valence-corrected chi connectivity index (χ3v) is 2.45. The normalized spacial score (nSPS) is 10.4. The van der Waals surface area contributed by atoms with Crippen LogP contribution in [0.5, 0.6) is 0 Å². The van der Waals surface area contributed by atoms with Gasteiger partial charge in [0.05, 0.1) is 0 Å². The van der Waals surface area contributed by atoms with Gasteiger partial charge in [0.2, 0.25) is 5.82 Å². The first kappa shape index (κ1) is 10.5. The molecule has 18 heavy (non-hydrogen) atoms. The molecule has 0 bridgehead atoms. The van der Waals surface area contributed by atoms with E-state index < -0.39 is 0 Å². The Morgan fingerprint density at radius 1 is 0.889 bits per heavy atom. The molecular weight excluding hydrogens is 228 g/mol. The maximum atomic E-state index is 5.61. The summed E-state index contributed by atoms with van der Waals surface area (Å²) in [6.07, 6.45) is 0. The largest absolute Gasteiger partial charge is 0.384 e. The first-order valence-electron chi connectivity index (χ1n) is 5.45. The van der Waals surface area contributed by atoms with Crippen LogP contribution < -0.4 is 5.73 Å². The fourth-order valence-electron chi connectivity index (χ4n) is 1.60. The van der Waals surface area contributed by atoms with Gasteiger partial charge in [0, 0.05) is 5.56 Å². The minimum absolute atomic E-state index is 0.362. The standard InChI is InChI=1S/C13H10N4O/c14-11-8-4-7-10(15-11)13-16-12(17-18-13)9-5-2-1-3-6-9/h1-8H,(H2,14,15). The molecule has 5 nitrogen and oxygen atoms in total. The highest BCUT2D eigenvalue weighted by molar-refractivity contribution is 5.58. The predicted octanol–water partition coefficient (Wildman–Crippen LogP) is 2.38. The highest BCUT2D eigenvalue weighted by Crippen LogP contribution is 2.20. The van der Waals surface area contributed by atoms with Crippen LogP contribution in [-0.2, 0) is 0 Å². The third kappa shape index (κ3) is 1.93. The highest BCUT2D eigenvalue weighted by Gasteiger charge is 2.11. The Morgan fingerprint density at radius 3 is 2.50 bits per heavy atom. The molecule has 0 radical (unpaired) electrons. The van der Waals surface area contributed by atoms with Gasteiger partial charge in [0.25, 0.3) is 5.89 Å². The Balaban J connectivity index is 2.00. The zero-order chi connectivity index (χ0) is 12.4. The zero-order valence-corrected chi connectivity index (χ0v) is 9.45. The number of benzene rings is 1. The van der Waals surface area contributed by atoms with Crippen LogP contribution in [-0.4, -0.2) is 15.1 Å². The van der Waals surface area contributed by atoms with Gasteiger partial charge in [-0.1, -0.05) is 41.6 Å². The van der Waals surface area contributed by atoms with Gasteiger partial charge in [-0.2, -0.15) is 4.98 Å². The van der Waals surface area contributed by atoms with Crippen LogP contribution >= 0.6 is 0 Å². The van der Waals surface area contributed by atoms with Crippen molar-refractivity contribution in [1.82, 2.24) is 15.1 Å². The van der Waals surface area contributed by atoms with Crippen molar-refractivity contribution in [3.8, 4) is 23.0 Å². The molecule has 0 aliphatic heterocycles. The lowest BCUT2D eigenvalue weighted by Crippen LogP contribution is -1.91.